The van der Waals surface area contributed by atoms with Crippen molar-refractivity contribution in [2.24, 2.45) is 0 Å². The highest BCUT2D eigenvalue weighted by atomic mass is 16.6. The summed E-state index contributed by atoms with van der Waals surface area (Å²) in [6.07, 6.45) is 0.845. The molecule has 0 bridgehead atoms. The lowest BCUT2D eigenvalue weighted by molar-refractivity contribution is -0.142. The van der Waals surface area contributed by atoms with Crippen molar-refractivity contribution in [3.05, 3.63) is 59.0 Å². The third-order valence-electron chi connectivity index (χ3n) is 5.55. The summed E-state index contributed by atoms with van der Waals surface area (Å²) < 4.78 is 13.3. The van der Waals surface area contributed by atoms with Gasteiger partial charge in [0.2, 0.25) is 6.10 Å². The summed E-state index contributed by atoms with van der Waals surface area (Å²) in [5.41, 5.74) is 1.67. The molecule has 8 nitrogen and oxygen atoms in total. The first kappa shape index (κ1) is 20.0. The number of likely N-dealkylation sites (tertiary alicyclic amines) is 1. The highest BCUT2D eigenvalue weighted by Crippen LogP contribution is 2.32. The Kier molecular flexibility index (Phi) is 5.76. The quantitative estimate of drug-likeness (QED) is 0.672. The van der Waals surface area contributed by atoms with Crippen molar-refractivity contribution in [3.8, 4) is 11.5 Å². The maximum absolute atomic E-state index is 12.9. The van der Waals surface area contributed by atoms with Gasteiger partial charge in [-0.05, 0) is 37.1 Å². The second kappa shape index (κ2) is 8.62. The van der Waals surface area contributed by atoms with E-state index < -0.39 is 6.10 Å². The molecule has 1 amide bonds. The highest BCUT2D eigenvalue weighted by molar-refractivity contribution is 5.82. The summed E-state index contributed by atoms with van der Waals surface area (Å²) >= 11 is 0. The van der Waals surface area contributed by atoms with Gasteiger partial charge in [-0.25, -0.2) is 4.79 Å². The maximum Gasteiger partial charge on any atom is 0.326 e. The molecule has 0 radical (unpaired) electrons. The Morgan fingerprint density at radius 3 is 2.47 bits per heavy atom. The molecule has 0 aliphatic carbocycles. The fraction of sp³-hybridized carbons (Fsp3) is 0.364. The number of piperidine rings is 1. The maximum atomic E-state index is 12.9. The Morgan fingerprint density at radius 1 is 1.03 bits per heavy atom. The van der Waals surface area contributed by atoms with Gasteiger partial charge in [0.1, 0.15) is 6.61 Å². The van der Waals surface area contributed by atoms with Crippen LogP contribution in [0, 0.1) is 0 Å². The molecule has 0 saturated carbocycles. The Labute approximate surface area is 173 Å². The molecular formula is C22H25N3O5. The highest BCUT2D eigenvalue weighted by Gasteiger charge is 2.33. The number of carbonyl (C=O) groups excluding carboxylic acids is 1. The number of aromatic nitrogens is 2. The first-order valence-corrected chi connectivity index (χ1v) is 10.0. The molecule has 8 heteroatoms. The predicted octanol–water partition coefficient (Wildman–Crippen LogP) is 1.94. The Bertz CT molecular complexity index is 1080. The zero-order valence-corrected chi connectivity index (χ0v) is 16.8. The van der Waals surface area contributed by atoms with E-state index >= 15 is 0 Å². The lowest BCUT2D eigenvalue weighted by Crippen LogP contribution is -2.49. The van der Waals surface area contributed by atoms with Gasteiger partial charge < -0.3 is 24.5 Å². The molecule has 0 spiro atoms. The molecule has 3 aromatic rings. The number of H-pyrrole nitrogens is 1. The van der Waals surface area contributed by atoms with Crippen molar-refractivity contribution in [2.75, 3.05) is 26.8 Å². The number of ether oxygens (including phenoxy) is 2. The van der Waals surface area contributed by atoms with Crippen LogP contribution in [-0.2, 0) is 4.79 Å². The molecule has 2 N–H and O–H groups in total. The van der Waals surface area contributed by atoms with Crippen LogP contribution < -0.4 is 15.2 Å². The van der Waals surface area contributed by atoms with E-state index in [4.69, 9.17) is 14.6 Å². The number of hydrogen-bond donors (Lipinski definition) is 2. The van der Waals surface area contributed by atoms with Crippen LogP contribution in [0.5, 0.6) is 11.5 Å². The summed E-state index contributed by atoms with van der Waals surface area (Å²) in [5.74, 6) is 1.22. The van der Waals surface area contributed by atoms with E-state index in [-0.39, 0.29) is 24.2 Å². The van der Waals surface area contributed by atoms with Gasteiger partial charge in [0, 0.05) is 26.2 Å². The average Bonchev–Trinajstić information content (AvgIpc) is 3.15. The van der Waals surface area contributed by atoms with Gasteiger partial charge in [-0.15, -0.1) is 0 Å². The summed E-state index contributed by atoms with van der Waals surface area (Å²) in [6, 6.07) is 15.2. The molecule has 1 unspecified atom stereocenters. The lowest BCUT2D eigenvalue weighted by atomic mass is 10.0. The Balaban J connectivity index is 0.00000106. The number of aromatic amines is 1. The third kappa shape index (κ3) is 3.66. The molecule has 158 valence electrons. The van der Waals surface area contributed by atoms with E-state index in [0.29, 0.717) is 24.6 Å². The number of rotatable bonds is 2. The van der Waals surface area contributed by atoms with Gasteiger partial charge in [0.25, 0.3) is 5.91 Å². The van der Waals surface area contributed by atoms with Gasteiger partial charge in [-0.2, -0.15) is 0 Å². The molecule has 1 fully saturated rings. The number of fused-ring (bicyclic) bond motifs is 2. The third-order valence-corrected chi connectivity index (χ3v) is 5.55. The number of aliphatic hydroxyl groups is 1. The number of benzene rings is 2. The van der Waals surface area contributed by atoms with Crippen LogP contribution in [0.3, 0.4) is 0 Å². The minimum atomic E-state index is -0.623. The van der Waals surface area contributed by atoms with Crippen molar-refractivity contribution < 1.29 is 19.4 Å². The van der Waals surface area contributed by atoms with Crippen LogP contribution in [0.4, 0.5) is 0 Å². The predicted molar refractivity (Wildman–Crippen MR) is 112 cm³/mol. The molecule has 2 aromatic carbocycles. The molecule has 1 aromatic heterocycles. The molecule has 1 saturated heterocycles. The average molecular weight is 411 g/mol. The monoisotopic (exact) mass is 411 g/mol. The van der Waals surface area contributed by atoms with Crippen molar-refractivity contribution in [2.45, 2.75) is 25.0 Å². The van der Waals surface area contributed by atoms with E-state index in [9.17, 15) is 9.59 Å². The van der Waals surface area contributed by atoms with Crippen LogP contribution in [0.1, 0.15) is 18.9 Å². The van der Waals surface area contributed by atoms with Crippen LogP contribution in [0.2, 0.25) is 0 Å². The molecular weight excluding hydrogens is 386 g/mol. The van der Waals surface area contributed by atoms with E-state index in [1.807, 2.05) is 58.0 Å². The van der Waals surface area contributed by atoms with E-state index in [1.54, 1.807) is 0 Å². The summed E-state index contributed by atoms with van der Waals surface area (Å²) in [5, 5.41) is 7.00. The second-order valence-electron chi connectivity index (χ2n) is 7.24. The number of amides is 1. The summed E-state index contributed by atoms with van der Waals surface area (Å²) in [6.45, 7) is 1.41. The smallest absolute Gasteiger partial charge is 0.326 e. The van der Waals surface area contributed by atoms with E-state index in [2.05, 4.69) is 4.98 Å². The fourth-order valence-corrected chi connectivity index (χ4v) is 4.13. The number of nitrogens with zero attached hydrogens (tertiary/aromatic N) is 2. The SMILES string of the molecule is CO.O=C(C1COc2ccccc2O1)N1CCC(n2c(=O)[nH]c3ccccc32)CC1. The van der Waals surface area contributed by atoms with Gasteiger partial charge >= 0.3 is 5.69 Å². The van der Waals surface area contributed by atoms with Crippen LogP contribution >= 0.6 is 0 Å². The molecule has 30 heavy (non-hydrogen) atoms. The van der Waals surface area contributed by atoms with Crippen LogP contribution in [-0.4, -0.2) is 58.4 Å². The first-order chi connectivity index (χ1) is 14.7. The van der Waals surface area contributed by atoms with Crippen LogP contribution in [0.25, 0.3) is 11.0 Å². The molecule has 1 atom stereocenters. The fourth-order valence-electron chi connectivity index (χ4n) is 4.13. The summed E-state index contributed by atoms with van der Waals surface area (Å²) in [7, 11) is 1.00. The number of nitrogens with one attached hydrogen (secondary N) is 1. The number of aliphatic hydroxyl groups excluding tert-OH is 1. The Morgan fingerprint density at radius 2 is 1.70 bits per heavy atom. The van der Waals surface area contributed by atoms with Crippen molar-refractivity contribution >= 4 is 16.9 Å². The Hall–Kier alpha value is -3.26. The molecule has 2 aliphatic rings. The first-order valence-electron chi connectivity index (χ1n) is 10.0. The normalized spacial score (nSPS) is 18.6. The minimum absolute atomic E-state index is 0.0563. The lowest BCUT2D eigenvalue weighted by Gasteiger charge is -2.35. The van der Waals surface area contributed by atoms with Gasteiger partial charge in [-0.3, -0.25) is 9.36 Å². The molecule has 3 heterocycles. The minimum Gasteiger partial charge on any atom is -0.485 e. The van der Waals surface area contributed by atoms with Crippen molar-refractivity contribution in [1.29, 1.82) is 0 Å². The van der Waals surface area contributed by atoms with E-state index in [1.165, 1.54) is 0 Å². The number of imidazole rings is 1. The van der Waals surface area contributed by atoms with Gasteiger partial charge in [0.15, 0.2) is 11.5 Å². The van der Waals surface area contributed by atoms with E-state index in [0.717, 1.165) is 31.0 Å². The number of hydrogen-bond acceptors (Lipinski definition) is 5. The molecule has 5 rings (SSSR count). The van der Waals surface area contributed by atoms with Crippen molar-refractivity contribution in [3.63, 3.8) is 0 Å². The number of para-hydroxylation sites is 4. The zero-order valence-electron chi connectivity index (χ0n) is 16.8. The topological polar surface area (TPSA) is 96.8 Å². The molecule has 2 aliphatic heterocycles. The van der Waals surface area contributed by atoms with Gasteiger partial charge in [0.05, 0.1) is 11.0 Å². The van der Waals surface area contributed by atoms with Crippen LogP contribution in [0.15, 0.2) is 53.3 Å². The second-order valence-corrected chi connectivity index (χ2v) is 7.24. The standard InChI is InChI=1S/C21H21N3O4.CH4O/c25-20(19-13-27-17-7-3-4-8-18(17)28-19)23-11-9-14(10-12-23)24-16-6-2-1-5-15(16)22-21(24)26;1-2/h1-8,14,19H,9-13H2,(H,22,26);2H,1H3. The zero-order chi connectivity index (χ0) is 21.1. The van der Waals surface area contributed by atoms with Gasteiger partial charge in [-0.1, -0.05) is 24.3 Å². The summed E-state index contributed by atoms with van der Waals surface area (Å²) in [4.78, 5) is 30.0. The largest absolute Gasteiger partial charge is 0.485 e. The number of carbonyl (C=O) groups is 1. The van der Waals surface area contributed by atoms with Crippen molar-refractivity contribution in [1.82, 2.24) is 14.5 Å².